The van der Waals surface area contributed by atoms with E-state index >= 15 is 0 Å². The molecule has 114 valence electrons. The van der Waals surface area contributed by atoms with Gasteiger partial charge in [0.25, 0.3) is 0 Å². The van der Waals surface area contributed by atoms with Crippen LogP contribution in [0.4, 0.5) is 0 Å². The molecule has 1 atom stereocenters. The highest BCUT2D eigenvalue weighted by atomic mass is 79.9. The van der Waals surface area contributed by atoms with Crippen molar-refractivity contribution < 1.29 is 18.0 Å². The zero-order valence-electron chi connectivity index (χ0n) is 11.2. The largest absolute Gasteiger partial charge is 0.386 e. The highest BCUT2D eigenvalue weighted by Crippen LogP contribution is 2.30. The van der Waals surface area contributed by atoms with Gasteiger partial charge in [0.1, 0.15) is 4.62 Å². The van der Waals surface area contributed by atoms with E-state index in [4.69, 9.17) is 9.57 Å². The lowest BCUT2D eigenvalue weighted by Gasteiger charge is -2.26. The maximum atomic E-state index is 12.5. The lowest BCUT2D eigenvalue weighted by Crippen LogP contribution is -2.40. The molecule has 21 heavy (non-hydrogen) atoms. The fraction of sp³-hybridized carbons (Fsp3) is 0.462. The molecule has 2 heterocycles. The van der Waals surface area contributed by atoms with Crippen LogP contribution in [0.5, 0.6) is 0 Å². The minimum absolute atomic E-state index is 0.153. The molecule has 0 radical (unpaired) electrons. The first kappa shape index (κ1) is 15.0. The zero-order valence-corrected chi connectivity index (χ0v) is 13.6. The van der Waals surface area contributed by atoms with Gasteiger partial charge >= 0.3 is 0 Å². The van der Waals surface area contributed by atoms with Crippen molar-refractivity contribution in [2.75, 3.05) is 26.3 Å². The number of rotatable bonds is 3. The molecule has 6 nitrogen and oxygen atoms in total. The molecule has 0 unspecified atom stereocenters. The number of ether oxygens (including phenoxy) is 1. The second-order valence-corrected chi connectivity index (χ2v) is 7.70. The predicted octanol–water partition coefficient (Wildman–Crippen LogP) is 1.88. The van der Waals surface area contributed by atoms with Gasteiger partial charge in [0, 0.05) is 19.5 Å². The first-order chi connectivity index (χ1) is 10.1. The van der Waals surface area contributed by atoms with Crippen LogP contribution in [0.25, 0.3) is 0 Å². The van der Waals surface area contributed by atoms with E-state index < -0.39 is 10.0 Å². The molecule has 0 saturated carbocycles. The van der Waals surface area contributed by atoms with Crippen molar-refractivity contribution in [2.45, 2.75) is 17.4 Å². The first-order valence-electron chi connectivity index (χ1n) is 6.63. The summed E-state index contributed by atoms with van der Waals surface area (Å²) in [5.41, 5.74) is 0.911. The van der Waals surface area contributed by atoms with Crippen LogP contribution in [0, 0.1) is 0 Å². The normalized spacial score (nSPS) is 23.7. The van der Waals surface area contributed by atoms with Gasteiger partial charge in [0.2, 0.25) is 10.0 Å². The number of benzene rings is 1. The van der Waals surface area contributed by atoms with E-state index in [2.05, 4.69) is 21.1 Å². The molecule has 8 heteroatoms. The molecule has 1 aromatic carbocycles. The van der Waals surface area contributed by atoms with Gasteiger partial charge in [-0.2, -0.15) is 4.31 Å². The zero-order chi connectivity index (χ0) is 14.9. The van der Waals surface area contributed by atoms with Gasteiger partial charge in [0.05, 0.1) is 18.1 Å². The van der Waals surface area contributed by atoms with E-state index in [1.54, 1.807) is 24.3 Å². The smallest absolute Gasteiger partial charge is 0.243 e. The number of hydrogen-bond donors (Lipinski definition) is 0. The van der Waals surface area contributed by atoms with Crippen LogP contribution in [0.15, 0.2) is 34.3 Å². The third-order valence-corrected chi connectivity index (χ3v) is 5.87. The molecule has 2 aliphatic heterocycles. The Morgan fingerprint density at radius 3 is 2.43 bits per heavy atom. The van der Waals surface area contributed by atoms with Crippen molar-refractivity contribution in [1.29, 1.82) is 0 Å². The topological polar surface area (TPSA) is 68.2 Å². The lowest BCUT2D eigenvalue weighted by atomic mass is 10.1. The molecule has 0 amide bonds. The summed E-state index contributed by atoms with van der Waals surface area (Å²) >= 11 is 3.28. The Labute approximate surface area is 131 Å². The van der Waals surface area contributed by atoms with E-state index in [9.17, 15) is 8.42 Å². The molecular weight excluding hydrogens is 360 g/mol. The number of morpholine rings is 1. The van der Waals surface area contributed by atoms with Crippen molar-refractivity contribution in [3.63, 3.8) is 0 Å². The maximum absolute atomic E-state index is 12.5. The average Bonchev–Trinajstić information content (AvgIpc) is 2.95. The number of sulfonamides is 1. The van der Waals surface area contributed by atoms with E-state index in [1.165, 1.54) is 4.31 Å². The van der Waals surface area contributed by atoms with E-state index in [1.807, 2.05) is 0 Å². The summed E-state index contributed by atoms with van der Waals surface area (Å²) < 4.78 is 32.4. The monoisotopic (exact) mass is 374 g/mol. The summed E-state index contributed by atoms with van der Waals surface area (Å²) in [5, 5.41) is 3.83. The van der Waals surface area contributed by atoms with Crippen molar-refractivity contribution in [3.05, 3.63) is 29.8 Å². The van der Waals surface area contributed by atoms with Gasteiger partial charge in [-0.15, -0.1) is 0 Å². The second kappa shape index (κ2) is 6.04. The molecule has 3 rings (SSSR count). The van der Waals surface area contributed by atoms with E-state index in [0.717, 1.165) is 10.2 Å². The Morgan fingerprint density at radius 2 is 1.86 bits per heavy atom. The molecular formula is C13H15BrN2O4S. The minimum Gasteiger partial charge on any atom is -0.386 e. The third kappa shape index (κ3) is 3.13. The summed E-state index contributed by atoms with van der Waals surface area (Å²) in [7, 11) is -3.44. The van der Waals surface area contributed by atoms with Gasteiger partial charge in [-0.05, 0) is 33.6 Å². The standard InChI is InChI=1S/C13H15BrN2O4S/c14-13-9-12(20-15-13)10-1-3-11(4-2-10)21(17,18)16-5-7-19-8-6-16/h1-4,12H,5-9H2/t12-/m0/s1. The quantitative estimate of drug-likeness (QED) is 0.809. The number of halogens is 1. The van der Waals surface area contributed by atoms with Crippen molar-refractivity contribution in [2.24, 2.45) is 5.16 Å². The molecule has 1 aromatic rings. The van der Waals surface area contributed by atoms with Crippen LogP contribution in [-0.2, 0) is 19.6 Å². The van der Waals surface area contributed by atoms with Crippen LogP contribution in [0.1, 0.15) is 18.1 Å². The summed E-state index contributed by atoms with van der Waals surface area (Å²) in [5.74, 6) is 0. The van der Waals surface area contributed by atoms with Gasteiger partial charge in [0.15, 0.2) is 6.10 Å². The Bertz CT molecular complexity index is 639. The fourth-order valence-electron chi connectivity index (χ4n) is 2.32. The fourth-order valence-corrected chi connectivity index (χ4v) is 4.10. The Balaban J connectivity index is 1.77. The van der Waals surface area contributed by atoms with E-state index in [-0.39, 0.29) is 6.10 Å². The van der Waals surface area contributed by atoms with Crippen LogP contribution in [-0.4, -0.2) is 43.6 Å². The van der Waals surface area contributed by atoms with Gasteiger partial charge < -0.3 is 9.57 Å². The number of nitrogens with zero attached hydrogens (tertiary/aromatic N) is 2. The molecule has 1 saturated heterocycles. The molecule has 1 fully saturated rings. The lowest BCUT2D eigenvalue weighted by molar-refractivity contribution is 0.0730. The van der Waals surface area contributed by atoms with Crippen LogP contribution in [0.3, 0.4) is 0 Å². The molecule has 2 aliphatic rings. The van der Waals surface area contributed by atoms with Crippen molar-refractivity contribution in [1.82, 2.24) is 4.31 Å². The summed E-state index contributed by atoms with van der Waals surface area (Å²) in [4.78, 5) is 5.56. The maximum Gasteiger partial charge on any atom is 0.243 e. The Morgan fingerprint density at radius 1 is 1.19 bits per heavy atom. The van der Waals surface area contributed by atoms with Gasteiger partial charge in [-0.3, -0.25) is 0 Å². The highest BCUT2D eigenvalue weighted by Gasteiger charge is 2.27. The summed E-state index contributed by atoms with van der Waals surface area (Å²) in [6.07, 6.45) is 0.509. The van der Waals surface area contributed by atoms with E-state index in [0.29, 0.717) is 37.6 Å². The average molecular weight is 375 g/mol. The molecule has 0 spiro atoms. The van der Waals surface area contributed by atoms with Crippen LogP contribution in [0.2, 0.25) is 0 Å². The van der Waals surface area contributed by atoms with Gasteiger partial charge in [-0.1, -0.05) is 17.3 Å². The summed E-state index contributed by atoms with van der Waals surface area (Å²) in [6, 6.07) is 6.80. The predicted molar refractivity (Wildman–Crippen MR) is 80.8 cm³/mol. The SMILES string of the molecule is O=S(=O)(c1ccc([C@@H]2CC(Br)=NO2)cc1)N1CCOCC1. The Kier molecular flexibility index (Phi) is 4.30. The molecule has 0 aromatic heterocycles. The van der Waals surface area contributed by atoms with Crippen LogP contribution < -0.4 is 0 Å². The minimum atomic E-state index is -3.44. The number of hydrogen-bond acceptors (Lipinski definition) is 5. The molecule has 0 aliphatic carbocycles. The highest BCUT2D eigenvalue weighted by molar-refractivity contribution is 9.18. The summed E-state index contributed by atoms with van der Waals surface area (Å²) in [6.45, 7) is 1.68. The van der Waals surface area contributed by atoms with Crippen molar-refractivity contribution >= 4 is 30.6 Å². The Hall–Kier alpha value is -0.960. The molecule has 0 N–H and O–H groups in total. The second-order valence-electron chi connectivity index (χ2n) is 4.85. The third-order valence-electron chi connectivity index (χ3n) is 3.49. The first-order valence-corrected chi connectivity index (χ1v) is 8.87. The van der Waals surface area contributed by atoms with Crippen LogP contribution >= 0.6 is 15.9 Å². The van der Waals surface area contributed by atoms with Gasteiger partial charge in [-0.25, -0.2) is 8.42 Å². The molecule has 0 bridgehead atoms. The van der Waals surface area contributed by atoms with Crippen molar-refractivity contribution in [3.8, 4) is 0 Å². The number of oxime groups is 1.